The first kappa shape index (κ1) is 17.0. The monoisotopic (exact) mass is 362 g/mol. The van der Waals surface area contributed by atoms with E-state index in [9.17, 15) is 14.7 Å². The number of carboxylic acids is 1. The molecule has 9 nitrogen and oxygen atoms in total. The van der Waals surface area contributed by atoms with E-state index in [1.54, 1.807) is 17.5 Å². The van der Waals surface area contributed by atoms with Gasteiger partial charge in [-0.1, -0.05) is 11.2 Å². The van der Waals surface area contributed by atoms with E-state index in [2.05, 4.69) is 20.4 Å². The second-order valence-corrected chi connectivity index (χ2v) is 6.10. The van der Waals surface area contributed by atoms with Crippen LogP contribution in [0.2, 0.25) is 0 Å². The van der Waals surface area contributed by atoms with Gasteiger partial charge in [-0.05, 0) is 17.5 Å². The van der Waals surface area contributed by atoms with Crippen molar-refractivity contribution < 1.29 is 24.3 Å². The van der Waals surface area contributed by atoms with Crippen LogP contribution >= 0.6 is 11.3 Å². The fraction of sp³-hybridized carbons (Fsp3) is 0.267. The molecule has 0 bridgehead atoms. The Hall–Kier alpha value is -2.85. The summed E-state index contributed by atoms with van der Waals surface area (Å²) in [7, 11) is 0. The molecule has 3 heterocycles. The van der Waals surface area contributed by atoms with Gasteiger partial charge >= 0.3 is 5.97 Å². The highest BCUT2D eigenvalue weighted by molar-refractivity contribution is 7.14. The Morgan fingerprint density at radius 3 is 3.00 bits per heavy atom. The number of nitrogens with one attached hydrogen (secondary N) is 1. The van der Waals surface area contributed by atoms with Crippen LogP contribution in [0.25, 0.3) is 0 Å². The fourth-order valence-electron chi connectivity index (χ4n) is 2.10. The maximum absolute atomic E-state index is 12.0. The number of carbonyl (C=O) groups excluding carboxylic acids is 1. The Morgan fingerprint density at radius 1 is 1.44 bits per heavy atom. The predicted molar refractivity (Wildman–Crippen MR) is 89.1 cm³/mol. The van der Waals surface area contributed by atoms with Crippen LogP contribution in [0.3, 0.4) is 0 Å². The number of amides is 1. The number of rotatable bonds is 6. The van der Waals surface area contributed by atoms with Crippen LogP contribution in [0.4, 0.5) is 5.00 Å². The van der Waals surface area contributed by atoms with Crippen molar-refractivity contribution in [2.24, 2.45) is 4.99 Å². The number of carbonyl (C=O) groups is 2. The number of anilines is 1. The van der Waals surface area contributed by atoms with Gasteiger partial charge in [-0.15, -0.1) is 11.3 Å². The first-order chi connectivity index (χ1) is 12.0. The first-order valence-corrected chi connectivity index (χ1v) is 8.25. The van der Waals surface area contributed by atoms with Crippen molar-refractivity contribution in [1.29, 1.82) is 0 Å². The molecule has 0 aliphatic carbocycles. The van der Waals surface area contributed by atoms with Crippen LogP contribution < -0.4 is 5.32 Å². The lowest BCUT2D eigenvalue weighted by Gasteiger charge is -2.06. The van der Waals surface area contributed by atoms with Crippen molar-refractivity contribution in [1.82, 2.24) is 10.1 Å². The smallest absolute Gasteiger partial charge is 0.338 e. The molecule has 0 aromatic carbocycles. The minimum absolute atomic E-state index is 0.0581. The van der Waals surface area contributed by atoms with Crippen molar-refractivity contribution in [3.8, 4) is 0 Å². The van der Waals surface area contributed by atoms with Gasteiger partial charge < -0.3 is 20.1 Å². The van der Waals surface area contributed by atoms with E-state index < -0.39 is 12.1 Å². The lowest BCUT2D eigenvalue weighted by Crippen LogP contribution is -2.15. The molecular formula is C15H14N4O5S. The van der Waals surface area contributed by atoms with Gasteiger partial charge in [0.2, 0.25) is 17.6 Å². The van der Waals surface area contributed by atoms with Gasteiger partial charge in [-0.3, -0.25) is 9.79 Å². The fourth-order valence-corrected chi connectivity index (χ4v) is 2.89. The number of nitrogens with zero attached hydrogens (tertiary/aromatic N) is 3. The van der Waals surface area contributed by atoms with E-state index in [-0.39, 0.29) is 36.7 Å². The highest BCUT2D eigenvalue weighted by Crippen LogP contribution is 2.23. The van der Waals surface area contributed by atoms with Crippen LogP contribution in [0, 0.1) is 0 Å². The SMILES string of the molecule is O=C(CCc1nc(C2=NCC(O)C=C2)no1)Nc1sccc1C(=O)O. The molecule has 1 aliphatic heterocycles. The number of dihydropyridines is 1. The second-order valence-electron chi connectivity index (χ2n) is 5.18. The molecule has 1 aliphatic rings. The zero-order valence-electron chi connectivity index (χ0n) is 12.9. The highest BCUT2D eigenvalue weighted by Gasteiger charge is 2.17. The molecule has 1 unspecified atom stereocenters. The van der Waals surface area contributed by atoms with Gasteiger partial charge in [0, 0.05) is 12.8 Å². The Balaban J connectivity index is 1.55. The van der Waals surface area contributed by atoms with Crippen molar-refractivity contribution in [3.05, 3.63) is 40.9 Å². The molecule has 2 aromatic heterocycles. The first-order valence-electron chi connectivity index (χ1n) is 7.37. The molecule has 0 saturated carbocycles. The third kappa shape index (κ3) is 4.17. The summed E-state index contributed by atoms with van der Waals surface area (Å²) in [6, 6.07) is 1.43. The average molecular weight is 362 g/mol. The summed E-state index contributed by atoms with van der Waals surface area (Å²) >= 11 is 1.14. The van der Waals surface area contributed by atoms with E-state index in [0.717, 1.165) is 11.3 Å². The number of aryl methyl sites for hydroxylation is 1. The topological polar surface area (TPSA) is 138 Å². The van der Waals surface area contributed by atoms with Crippen LogP contribution in [0.15, 0.2) is 33.1 Å². The average Bonchev–Trinajstić information content (AvgIpc) is 3.23. The van der Waals surface area contributed by atoms with E-state index in [1.807, 2.05) is 0 Å². The Bertz CT molecular complexity index is 854. The number of aromatic carboxylic acids is 1. The van der Waals surface area contributed by atoms with Crippen molar-refractivity contribution in [2.75, 3.05) is 11.9 Å². The minimum atomic E-state index is -1.09. The standard InChI is InChI=1S/C15H14N4O5S/c20-8-1-2-10(16-7-8)13-18-12(24-19-13)4-3-11(21)17-14-9(15(22)23)5-6-25-14/h1-2,5-6,8,20H,3-4,7H2,(H,17,21)(H,22,23). The van der Waals surface area contributed by atoms with Crippen molar-refractivity contribution in [3.63, 3.8) is 0 Å². The molecule has 0 radical (unpaired) electrons. The summed E-state index contributed by atoms with van der Waals surface area (Å²) in [4.78, 5) is 31.2. The van der Waals surface area contributed by atoms with Crippen LogP contribution in [-0.2, 0) is 11.2 Å². The van der Waals surface area contributed by atoms with E-state index >= 15 is 0 Å². The van der Waals surface area contributed by atoms with Crippen molar-refractivity contribution in [2.45, 2.75) is 18.9 Å². The number of aliphatic hydroxyl groups excluding tert-OH is 1. The summed E-state index contributed by atoms with van der Waals surface area (Å²) in [5.41, 5.74) is 0.567. The molecule has 0 spiro atoms. The predicted octanol–water partition coefficient (Wildman–Crippen LogP) is 1.12. The number of aliphatic hydroxyl groups is 1. The maximum Gasteiger partial charge on any atom is 0.338 e. The lowest BCUT2D eigenvalue weighted by molar-refractivity contribution is -0.116. The summed E-state index contributed by atoms with van der Waals surface area (Å²) in [6.45, 7) is 0.241. The van der Waals surface area contributed by atoms with E-state index in [4.69, 9.17) is 9.63 Å². The molecule has 1 atom stereocenters. The summed E-state index contributed by atoms with van der Waals surface area (Å²) < 4.78 is 5.08. The van der Waals surface area contributed by atoms with Crippen LogP contribution in [0.1, 0.15) is 28.5 Å². The molecule has 10 heteroatoms. The zero-order chi connectivity index (χ0) is 17.8. The van der Waals surface area contributed by atoms with Gasteiger partial charge in [0.15, 0.2) is 0 Å². The van der Waals surface area contributed by atoms with Crippen LogP contribution in [-0.4, -0.2) is 50.6 Å². The quantitative estimate of drug-likeness (QED) is 0.700. The normalized spacial score (nSPS) is 16.5. The summed E-state index contributed by atoms with van der Waals surface area (Å²) in [5, 5.41) is 26.6. The molecular weight excluding hydrogens is 348 g/mol. The molecule has 3 rings (SSSR count). The second kappa shape index (κ2) is 7.36. The molecule has 0 fully saturated rings. The molecule has 2 aromatic rings. The number of aromatic nitrogens is 2. The van der Waals surface area contributed by atoms with Gasteiger partial charge in [0.1, 0.15) is 10.7 Å². The Kier molecular flexibility index (Phi) is 5.00. The van der Waals surface area contributed by atoms with Gasteiger partial charge in [0.25, 0.3) is 0 Å². The van der Waals surface area contributed by atoms with Gasteiger partial charge in [0.05, 0.1) is 18.2 Å². The van der Waals surface area contributed by atoms with E-state index in [0.29, 0.717) is 16.5 Å². The third-order valence-electron chi connectivity index (χ3n) is 3.34. The van der Waals surface area contributed by atoms with Crippen LogP contribution in [0.5, 0.6) is 0 Å². The Labute approximate surface area is 145 Å². The van der Waals surface area contributed by atoms with Crippen molar-refractivity contribution >= 4 is 33.9 Å². The molecule has 130 valence electrons. The summed E-state index contributed by atoms with van der Waals surface area (Å²) in [6.07, 6.45) is 2.88. The Morgan fingerprint density at radius 2 is 2.28 bits per heavy atom. The molecule has 3 N–H and O–H groups in total. The molecule has 1 amide bonds. The number of allylic oxidation sites excluding steroid dienone is 1. The number of aliphatic imine (C=N–C) groups is 1. The van der Waals surface area contributed by atoms with Gasteiger partial charge in [-0.2, -0.15) is 4.98 Å². The highest BCUT2D eigenvalue weighted by atomic mass is 32.1. The molecule has 25 heavy (non-hydrogen) atoms. The zero-order valence-corrected chi connectivity index (χ0v) is 13.7. The third-order valence-corrected chi connectivity index (χ3v) is 4.17. The number of thiophene rings is 1. The maximum atomic E-state index is 12.0. The largest absolute Gasteiger partial charge is 0.478 e. The minimum Gasteiger partial charge on any atom is -0.478 e. The molecule has 0 saturated heterocycles. The number of hydrogen-bond acceptors (Lipinski definition) is 8. The number of hydrogen-bond donors (Lipinski definition) is 3. The lowest BCUT2D eigenvalue weighted by atomic mass is 10.2. The summed E-state index contributed by atoms with van der Waals surface area (Å²) in [5.74, 6) is -0.866. The van der Waals surface area contributed by atoms with E-state index in [1.165, 1.54) is 6.07 Å². The van der Waals surface area contributed by atoms with Gasteiger partial charge in [-0.25, -0.2) is 4.79 Å². The number of carboxylic acid groups (broad SMARTS) is 1.